The second-order valence-electron chi connectivity index (χ2n) is 4.90. The molecule has 1 aromatic rings. The Morgan fingerprint density at radius 2 is 2.00 bits per heavy atom. The van der Waals surface area contributed by atoms with Crippen molar-refractivity contribution in [1.82, 2.24) is 10.6 Å². The van der Waals surface area contributed by atoms with E-state index >= 15 is 0 Å². The number of aliphatic hydroxyl groups excluding tert-OH is 1. The summed E-state index contributed by atoms with van der Waals surface area (Å²) in [6.45, 7) is 8.84. The van der Waals surface area contributed by atoms with Gasteiger partial charge in [0.2, 0.25) is 0 Å². The lowest BCUT2D eigenvalue weighted by molar-refractivity contribution is 0.238. The summed E-state index contributed by atoms with van der Waals surface area (Å²) >= 11 is 0. The minimum absolute atomic E-state index is 0. The van der Waals surface area contributed by atoms with Gasteiger partial charge in [-0.2, -0.15) is 0 Å². The van der Waals surface area contributed by atoms with Crippen LogP contribution in [0.1, 0.15) is 26.3 Å². The zero-order chi connectivity index (χ0) is 15.5. The Labute approximate surface area is 150 Å². The molecule has 5 nitrogen and oxygen atoms in total. The third-order valence-electron chi connectivity index (χ3n) is 2.95. The normalized spacial score (nSPS) is 12.3. The number of benzene rings is 1. The Kier molecular flexibility index (Phi) is 11.9. The Morgan fingerprint density at radius 1 is 1.27 bits per heavy atom. The molecule has 0 aromatic heterocycles. The van der Waals surface area contributed by atoms with Crippen molar-refractivity contribution in [3.8, 4) is 5.75 Å². The second kappa shape index (κ2) is 12.5. The average molecular weight is 421 g/mol. The van der Waals surface area contributed by atoms with E-state index in [1.54, 1.807) is 0 Å². The Hall–Kier alpha value is -1.02. The fraction of sp³-hybridized carbons (Fsp3) is 0.562. The molecule has 1 atom stereocenters. The van der Waals surface area contributed by atoms with Crippen molar-refractivity contribution < 1.29 is 9.84 Å². The standard InChI is InChI=1S/C16H27N3O2.HI/c1-4-17-16(18-10-13(3)12-20)19-11-14-8-6-7-9-15(14)21-5-2;/h6-9,13,20H,4-5,10-12H2,1-3H3,(H2,17,18,19);1H. The topological polar surface area (TPSA) is 65.9 Å². The molecular formula is C16H28IN3O2. The lowest BCUT2D eigenvalue weighted by atomic mass is 10.2. The van der Waals surface area contributed by atoms with Crippen LogP contribution in [-0.2, 0) is 6.54 Å². The molecular weight excluding hydrogens is 393 g/mol. The van der Waals surface area contributed by atoms with E-state index in [1.165, 1.54) is 0 Å². The molecule has 0 spiro atoms. The van der Waals surface area contributed by atoms with Crippen LogP contribution in [0.3, 0.4) is 0 Å². The summed E-state index contributed by atoms with van der Waals surface area (Å²) in [6, 6.07) is 7.93. The van der Waals surface area contributed by atoms with Gasteiger partial charge in [0, 0.05) is 25.3 Å². The highest BCUT2D eigenvalue weighted by atomic mass is 127. The van der Waals surface area contributed by atoms with Crippen LogP contribution in [0.15, 0.2) is 29.3 Å². The molecule has 0 bridgehead atoms. The van der Waals surface area contributed by atoms with Crippen LogP contribution >= 0.6 is 24.0 Å². The number of halogens is 1. The highest BCUT2D eigenvalue weighted by molar-refractivity contribution is 14.0. The van der Waals surface area contributed by atoms with Crippen LogP contribution in [0.25, 0.3) is 0 Å². The third-order valence-corrected chi connectivity index (χ3v) is 2.95. The van der Waals surface area contributed by atoms with Crippen molar-refractivity contribution in [2.45, 2.75) is 27.3 Å². The number of aliphatic hydroxyl groups is 1. The molecule has 0 amide bonds. The molecule has 3 N–H and O–H groups in total. The van der Waals surface area contributed by atoms with E-state index in [-0.39, 0.29) is 36.5 Å². The summed E-state index contributed by atoms with van der Waals surface area (Å²) in [7, 11) is 0. The zero-order valence-corrected chi connectivity index (χ0v) is 16.0. The van der Waals surface area contributed by atoms with Crippen molar-refractivity contribution in [1.29, 1.82) is 0 Å². The number of ether oxygens (including phenoxy) is 1. The summed E-state index contributed by atoms with van der Waals surface area (Å²) in [4.78, 5) is 4.57. The van der Waals surface area contributed by atoms with Crippen molar-refractivity contribution in [3.63, 3.8) is 0 Å². The number of aliphatic imine (C=N–C) groups is 1. The molecule has 0 aliphatic rings. The van der Waals surface area contributed by atoms with Gasteiger partial charge in [0.15, 0.2) is 5.96 Å². The van der Waals surface area contributed by atoms with Crippen LogP contribution in [-0.4, -0.2) is 37.4 Å². The maximum absolute atomic E-state index is 9.06. The quantitative estimate of drug-likeness (QED) is 0.343. The van der Waals surface area contributed by atoms with E-state index in [4.69, 9.17) is 9.84 Å². The molecule has 1 aromatic carbocycles. The molecule has 0 radical (unpaired) electrons. The summed E-state index contributed by atoms with van der Waals surface area (Å²) in [5.41, 5.74) is 1.06. The van der Waals surface area contributed by atoms with Gasteiger partial charge in [0.05, 0.1) is 13.2 Å². The van der Waals surface area contributed by atoms with Crippen molar-refractivity contribution in [2.75, 3.05) is 26.3 Å². The fourth-order valence-corrected chi connectivity index (χ4v) is 1.77. The average Bonchev–Trinajstić information content (AvgIpc) is 2.51. The first kappa shape index (κ1) is 21.0. The molecule has 0 aliphatic carbocycles. The second-order valence-corrected chi connectivity index (χ2v) is 4.90. The number of hydrogen-bond acceptors (Lipinski definition) is 3. The molecule has 0 heterocycles. The maximum atomic E-state index is 9.06. The summed E-state index contributed by atoms with van der Waals surface area (Å²) in [5, 5.41) is 15.5. The van der Waals surface area contributed by atoms with Gasteiger partial charge < -0.3 is 20.5 Å². The number of nitrogens with one attached hydrogen (secondary N) is 2. The van der Waals surface area contributed by atoms with Crippen molar-refractivity contribution >= 4 is 29.9 Å². The molecule has 1 rings (SSSR count). The van der Waals surface area contributed by atoms with Crippen LogP contribution in [0, 0.1) is 5.92 Å². The monoisotopic (exact) mass is 421 g/mol. The van der Waals surface area contributed by atoms with Gasteiger partial charge in [0.25, 0.3) is 0 Å². The number of guanidine groups is 1. The van der Waals surface area contributed by atoms with E-state index in [2.05, 4.69) is 15.6 Å². The van der Waals surface area contributed by atoms with Crippen molar-refractivity contribution in [2.24, 2.45) is 10.9 Å². The minimum atomic E-state index is 0. The number of para-hydroxylation sites is 1. The van der Waals surface area contributed by atoms with Crippen LogP contribution in [0.2, 0.25) is 0 Å². The van der Waals surface area contributed by atoms with Gasteiger partial charge >= 0.3 is 0 Å². The zero-order valence-electron chi connectivity index (χ0n) is 13.6. The maximum Gasteiger partial charge on any atom is 0.191 e. The Morgan fingerprint density at radius 3 is 2.64 bits per heavy atom. The van der Waals surface area contributed by atoms with E-state index < -0.39 is 0 Å². The number of nitrogens with zero attached hydrogens (tertiary/aromatic N) is 1. The first-order valence-electron chi connectivity index (χ1n) is 7.54. The molecule has 0 aliphatic heterocycles. The molecule has 1 unspecified atom stereocenters. The SMILES string of the molecule is CCNC(=NCc1ccccc1OCC)NCC(C)CO.I. The van der Waals surface area contributed by atoms with Crippen LogP contribution in [0.5, 0.6) is 5.75 Å². The van der Waals surface area contributed by atoms with Crippen LogP contribution < -0.4 is 15.4 Å². The van der Waals surface area contributed by atoms with Gasteiger partial charge in [-0.1, -0.05) is 25.1 Å². The van der Waals surface area contributed by atoms with Gasteiger partial charge in [-0.25, -0.2) is 4.99 Å². The molecule has 126 valence electrons. The van der Waals surface area contributed by atoms with Gasteiger partial charge in [0.1, 0.15) is 5.75 Å². The van der Waals surface area contributed by atoms with E-state index in [0.717, 1.165) is 23.8 Å². The predicted molar refractivity (Wildman–Crippen MR) is 102 cm³/mol. The minimum Gasteiger partial charge on any atom is -0.494 e. The Balaban J connectivity index is 0.00000441. The molecule has 0 saturated heterocycles. The van der Waals surface area contributed by atoms with Crippen LogP contribution in [0.4, 0.5) is 0 Å². The number of rotatable bonds is 8. The first-order valence-corrected chi connectivity index (χ1v) is 7.54. The lowest BCUT2D eigenvalue weighted by Crippen LogP contribution is -2.39. The molecule has 6 heteroatoms. The summed E-state index contributed by atoms with van der Waals surface area (Å²) in [5.74, 6) is 1.83. The van der Waals surface area contributed by atoms with Gasteiger partial charge in [-0.3, -0.25) is 0 Å². The van der Waals surface area contributed by atoms with E-state index in [9.17, 15) is 0 Å². The highest BCUT2D eigenvalue weighted by Crippen LogP contribution is 2.18. The van der Waals surface area contributed by atoms with Gasteiger partial charge in [-0.05, 0) is 25.8 Å². The first-order chi connectivity index (χ1) is 10.2. The highest BCUT2D eigenvalue weighted by Gasteiger charge is 2.04. The van der Waals surface area contributed by atoms with Gasteiger partial charge in [-0.15, -0.1) is 24.0 Å². The Bertz CT molecular complexity index is 441. The lowest BCUT2D eigenvalue weighted by Gasteiger charge is -2.14. The summed E-state index contributed by atoms with van der Waals surface area (Å²) in [6.07, 6.45) is 0. The molecule has 0 saturated carbocycles. The molecule has 22 heavy (non-hydrogen) atoms. The number of hydrogen-bond donors (Lipinski definition) is 3. The van der Waals surface area contributed by atoms with E-state index in [0.29, 0.717) is 19.7 Å². The molecule has 0 fully saturated rings. The van der Waals surface area contributed by atoms with E-state index in [1.807, 2.05) is 45.0 Å². The van der Waals surface area contributed by atoms with Crippen molar-refractivity contribution in [3.05, 3.63) is 29.8 Å². The largest absolute Gasteiger partial charge is 0.494 e. The summed E-state index contributed by atoms with van der Waals surface area (Å²) < 4.78 is 5.60. The predicted octanol–water partition coefficient (Wildman–Crippen LogP) is 2.39. The smallest absolute Gasteiger partial charge is 0.191 e. The third kappa shape index (κ3) is 7.84. The fourth-order valence-electron chi connectivity index (χ4n) is 1.77.